The van der Waals surface area contributed by atoms with Gasteiger partial charge >= 0.3 is 0 Å². The van der Waals surface area contributed by atoms with Crippen LogP contribution in [-0.4, -0.2) is 30.8 Å². The molecule has 4 N–H and O–H groups in total. The van der Waals surface area contributed by atoms with Gasteiger partial charge in [0, 0.05) is 30.3 Å². The minimum Gasteiger partial charge on any atom is -0.409 e. The van der Waals surface area contributed by atoms with Gasteiger partial charge in [-0.05, 0) is 43.4 Å². The van der Waals surface area contributed by atoms with Crippen molar-refractivity contribution in [3.63, 3.8) is 0 Å². The van der Waals surface area contributed by atoms with Crippen LogP contribution in [0, 0.1) is 5.92 Å². The van der Waals surface area contributed by atoms with Crippen LogP contribution in [0.15, 0.2) is 23.4 Å². The summed E-state index contributed by atoms with van der Waals surface area (Å²) in [5.74, 6) is 0.884. The van der Waals surface area contributed by atoms with E-state index >= 15 is 0 Å². The van der Waals surface area contributed by atoms with E-state index < -0.39 is 0 Å². The number of hydrogen-bond acceptors (Lipinski definition) is 4. The van der Waals surface area contributed by atoms with E-state index in [0.29, 0.717) is 17.1 Å². The molecule has 1 aromatic carbocycles. The maximum Gasteiger partial charge on any atom is 0.170 e. The molecule has 0 amide bonds. The number of nitrogens with one attached hydrogen (secondary N) is 1. The van der Waals surface area contributed by atoms with E-state index in [1.54, 1.807) is 12.1 Å². The van der Waals surface area contributed by atoms with Crippen molar-refractivity contribution in [2.45, 2.75) is 25.8 Å². The summed E-state index contributed by atoms with van der Waals surface area (Å²) >= 11 is 6.18. The van der Waals surface area contributed by atoms with Crippen LogP contribution < -0.4 is 11.1 Å². The minimum atomic E-state index is 0.0595. The molecule has 0 heterocycles. The molecule has 0 radical (unpaired) electrons. The van der Waals surface area contributed by atoms with E-state index in [9.17, 15) is 0 Å². The van der Waals surface area contributed by atoms with Crippen LogP contribution in [0.4, 0.5) is 0 Å². The maximum absolute atomic E-state index is 8.63. The van der Waals surface area contributed by atoms with Gasteiger partial charge in [-0.1, -0.05) is 28.9 Å². The lowest BCUT2D eigenvalue weighted by Gasteiger charge is -2.08. The Kier molecular flexibility index (Phi) is 6.29. The molecule has 1 aromatic rings. The molecule has 2 rings (SSSR count). The first-order chi connectivity index (χ1) is 10.2. The quantitative estimate of drug-likeness (QED) is 0.215. The molecule has 21 heavy (non-hydrogen) atoms. The second kappa shape index (κ2) is 8.22. The number of ether oxygens (including phenoxy) is 1. The molecule has 116 valence electrons. The van der Waals surface area contributed by atoms with Crippen LogP contribution in [0.1, 0.15) is 30.4 Å². The van der Waals surface area contributed by atoms with Gasteiger partial charge < -0.3 is 21.0 Å². The molecule has 1 fully saturated rings. The van der Waals surface area contributed by atoms with Crippen LogP contribution >= 0.6 is 11.6 Å². The first kappa shape index (κ1) is 16.1. The Morgan fingerprint density at radius 2 is 2.29 bits per heavy atom. The smallest absolute Gasteiger partial charge is 0.170 e. The zero-order chi connectivity index (χ0) is 15.1. The van der Waals surface area contributed by atoms with E-state index in [2.05, 4.69) is 10.5 Å². The maximum atomic E-state index is 8.63. The van der Waals surface area contributed by atoms with Crippen molar-refractivity contribution in [1.29, 1.82) is 0 Å². The van der Waals surface area contributed by atoms with Gasteiger partial charge in [0.25, 0.3) is 0 Å². The summed E-state index contributed by atoms with van der Waals surface area (Å²) in [5, 5.41) is 15.5. The fourth-order valence-electron chi connectivity index (χ4n) is 1.96. The van der Waals surface area contributed by atoms with Gasteiger partial charge in [0.05, 0.1) is 0 Å². The lowest BCUT2D eigenvalue weighted by Crippen LogP contribution is -2.17. The molecular weight excluding hydrogens is 290 g/mol. The van der Waals surface area contributed by atoms with Crippen LogP contribution in [0.25, 0.3) is 0 Å². The number of halogens is 1. The molecule has 1 aliphatic carbocycles. The van der Waals surface area contributed by atoms with Crippen molar-refractivity contribution < 1.29 is 9.94 Å². The van der Waals surface area contributed by atoms with Gasteiger partial charge in [-0.3, -0.25) is 0 Å². The molecule has 6 heteroatoms. The predicted octanol–water partition coefficient (Wildman–Crippen LogP) is 2.34. The Balaban J connectivity index is 1.65. The monoisotopic (exact) mass is 311 g/mol. The fourth-order valence-corrected chi connectivity index (χ4v) is 2.21. The van der Waals surface area contributed by atoms with Crippen molar-refractivity contribution >= 4 is 17.4 Å². The molecule has 0 spiro atoms. The van der Waals surface area contributed by atoms with Crippen LogP contribution in [0.5, 0.6) is 0 Å². The normalized spacial score (nSPS) is 15.4. The Morgan fingerprint density at radius 3 is 2.95 bits per heavy atom. The van der Waals surface area contributed by atoms with Gasteiger partial charge in [-0.25, -0.2) is 0 Å². The van der Waals surface area contributed by atoms with Gasteiger partial charge in [0.2, 0.25) is 0 Å². The average molecular weight is 312 g/mol. The van der Waals surface area contributed by atoms with Crippen molar-refractivity contribution in [3.8, 4) is 0 Å². The zero-order valence-electron chi connectivity index (χ0n) is 12.0. The Bertz CT molecular complexity index is 490. The highest BCUT2D eigenvalue weighted by atomic mass is 35.5. The zero-order valence-corrected chi connectivity index (χ0v) is 12.8. The third-order valence-corrected chi connectivity index (χ3v) is 3.82. The van der Waals surface area contributed by atoms with Crippen LogP contribution in [-0.2, 0) is 11.3 Å². The molecule has 0 aliphatic heterocycles. The minimum absolute atomic E-state index is 0.0595. The Hall–Kier alpha value is -1.30. The summed E-state index contributed by atoms with van der Waals surface area (Å²) in [6.45, 7) is 3.31. The third-order valence-electron chi connectivity index (χ3n) is 3.46. The molecule has 0 bridgehead atoms. The summed E-state index contributed by atoms with van der Waals surface area (Å²) < 4.78 is 5.57. The van der Waals surface area contributed by atoms with Gasteiger partial charge in [0.1, 0.15) is 0 Å². The first-order valence-electron chi connectivity index (χ1n) is 7.25. The molecule has 1 saturated carbocycles. The number of rotatable bonds is 9. The largest absolute Gasteiger partial charge is 0.409 e. The Morgan fingerprint density at radius 1 is 1.48 bits per heavy atom. The predicted molar refractivity (Wildman–Crippen MR) is 83.8 cm³/mol. The highest BCUT2D eigenvalue weighted by Crippen LogP contribution is 2.28. The lowest BCUT2D eigenvalue weighted by molar-refractivity contribution is 0.122. The van der Waals surface area contributed by atoms with Crippen LogP contribution in [0.3, 0.4) is 0 Å². The SMILES string of the molecule is N/C(=N/O)c1ccc(CNCCCOCC2CC2)c(Cl)c1. The van der Waals surface area contributed by atoms with E-state index in [0.717, 1.165) is 37.7 Å². The standard InChI is InChI=1S/C15H22ClN3O2/c16-14-8-12(15(17)19-20)4-5-13(14)9-18-6-1-7-21-10-11-2-3-11/h4-5,8,11,18,20H,1-3,6-7,9-10H2,(H2,17,19). The van der Waals surface area contributed by atoms with Crippen molar-refractivity contribution in [3.05, 3.63) is 34.3 Å². The first-order valence-corrected chi connectivity index (χ1v) is 7.63. The molecular formula is C15H22ClN3O2. The van der Waals surface area contributed by atoms with Gasteiger partial charge in [0.15, 0.2) is 5.84 Å². The van der Waals surface area contributed by atoms with Crippen molar-refractivity contribution in [2.24, 2.45) is 16.8 Å². The van der Waals surface area contributed by atoms with E-state index in [1.807, 2.05) is 6.07 Å². The number of nitrogens with zero attached hydrogens (tertiary/aromatic N) is 1. The molecule has 0 saturated heterocycles. The second-order valence-corrected chi connectivity index (χ2v) is 5.75. The highest BCUT2D eigenvalue weighted by molar-refractivity contribution is 6.31. The Labute approximate surface area is 130 Å². The van der Waals surface area contributed by atoms with Crippen LogP contribution in [0.2, 0.25) is 5.02 Å². The summed E-state index contributed by atoms with van der Waals surface area (Å²) in [6, 6.07) is 5.37. The summed E-state index contributed by atoms with van der Waals surface area (Å²) in [5.41, 5.74) is 7.12. The molecule has 1 aliphatic rings. The summed E-state index contributed by atoms with van der Waals surface area (Å²) in [4.78, 5) is 0. The van der Waals surface area contributed by atoms with Gasteiger partial charge in [-0.2, -0.15) is 0 Å². The molecule has 0 aromatic heterocycles. The summed E-state index contributed by atoms with van der Waals surface area (Å²) in [7, 11) is 0. The molecule has 0 unspecified atom stereocenters. The number of nitrogens with two attached hydrogens (primary N) is 1. The molecule has 0 atom stereocenters. The number of oxime groups is 1. The van der Waals surface area contributed by atoms with E-state index in [1.165, 1.54) is 12.8 Å². The fraction of sp³-hybridized carbons (Fsp3) is 0.533. The lowest BCUT2D eigenvalue weighted by atomic mass is 10.1. The second-order valence-electron chi connectivity index (χ2n) is 5.34. The third kappa shape index (κ3) is 5.53. The highest BCUT2D eigenvalue weighted by Gasteiger charge is 2.20. The number of amidine groups is 1. The molecule has 5 nitrogen and oxygen atoms in total. The topological polar surface area (TPSA) is 79.9 Å². The van der Waals surface area contributed by atoms with E-state index in [4.69, 9.17) is 27.3 Å². The van der Waals surface area contributed by atoms with Crippen molar-refractivity contribution in [1.82, 2.24) is 5.32 Å². The number of benzene rings is 1. The average Bonchev–Trinajstić information content (AvgIpc) is 3.31. The number of hydrogen-bond donors (Lipinski definition) is 3. The van der Waals surface area contributed by atoms with Gasteiger partial charge in [-0.15, -0.1) is 0 Å². The summed E-state index contributed by atoms with van der Waals surface area (Å²) in [6.07, 6.45) is 3.66. The van der Waals surface area contributed by atoms with Crippen molar-refractivity contribution in [2.75, 3.05) is 19.8 Å². The van der Waals surface area contributed by atoms with E-state index in [-0.39, 0.29) is 5.84 Å².